The number of rotatable bonds is 5. The van der Waals surface area contributed by atoms with E-state index in [2.05, 4.69) is 16.4 Å². The van der Waals surface area contributed by atoms with Crippen molar-refractivity contribution < 1.29 is 4.79 Å². The van der Waals surface area contributed by atoms with E-state index < -0.39 is 0 Å². The lowest BCUT2D eigenvalue weighted by molar-refractivity contribution is -0.126. The van der Waals surface area contributed by atoms with Crippen LogP contribution in [0.3, 0.4) is 0 Å². The van der Waals surface area contributed by atoms with Crippen LogP contribution >= 0.6 is 0 Å². The fourth-order valence-electron chi connectivity index (χ4n) is 3.21. The first kappa shape index (κ1) is 16.3. The molecule has 0 radical (unpaired) electrons. The molecular weight excluding hydrogens is 300 g/mol. The normalized spacial score (nSPS) is 15.0. The van der Waals surface area contributed by atoms with Gasteiger partial charge in [0.25, 0.3) is 0 Å². The SMILES string of the molecule is N#Cc1ccc(Cn2cncc2CNC(=O)C2CCCCC2)cc1. The van der Waals surface area contributed by atoms with E-state index in [-0.39, 0.29) is 11.8 Å². The van der Waals surface area contributed by atoms with Crippen molar-refractivity contribution in [3.8, 4) is 6.07 Å². The van der Waals surface area contributed by atoms with Gasteiger partial charge in [0.1, 0.15) is 0 Å². The number of carbonyl (C=O) groups excluding carboxylic acids is 1. The number of aromatic nitrogens is 2. The Kier molecular flexibility index (Phi) is 5.27. The number of hydrogen-bond donors (Lipinski definition) is 1. The van der Waals surface area contributed by atoms with Gasteiger partial charge in [-0.2, -0.15) is 5.26 Å². The predicted molar refractivity (Wildman–Crippen MR) is 90.9 cm³/mol. The molecule has 1 aromatic heterocycles. The van der Waals surface area contributed by atoms with E-state index in [9.17, 15) is 4.79 Å². The summed E-state index contributed by atoms with van der Waals surface area (Å²) in [5.74, 6) is 0.342. The molecule has 1 aliphatic carbocycles. The molecule has 1 aliphatic rings. The molecule has 1 fully saturated rings. The van der Waals surface area contributed by atoms with Crippen LogP contribution in [0.4, 0.5) is 0 Å². The molecule has 5 nitrogen and oxygen atoms in total. The summed E-state index contributed by atoms with van der Waals surface area (Å²) in [5.41, 5.74) is 2.75. The smallest absolute Gasteiger partial charge is 0.223 e. The van der Waals surface area contributed by atoms with Crippen molar-refractivity contribution in [2.75, 3.05) is 0 Å². The van der Waals surface area contributed by atoms with Crippen LogP contribution in [0, 0.1) is 17.2 Å². The molecule has 2 aromatic rings. The lowest BCUT2D eigenvalue weighted by Gasteiger charge is -2.20. The van der Waals surface area contributed by atoms with Crippen LogP contribution in [-0.2, 0) is 17.9 Å². The lowest BCUT2D eigenvalue weighted by atomic mass is 9.89. The molecule has 0 bridgehead atoms. The molecular formula is C19H22N4O. The second-order valence-electron chi connectivity index (χ2n) is 6.37. The number of nitrogens with one attached hydrogen (secondary N) is 1. The quantitative estimate of drug-likeness (QED) is 0.920. The van der Waals surface area contributed by atoms with E-state index in [1.165, 1.54) is 6.42 Å². The molecule has 5 heteroatoms. The summed E-state index contributed by atoms with van der Waals surface area (Å²) in [5, 5.41) is 11.9. The predicted octanol–water partition coefficient (Wildman–Crippen LogP) is 3.00. The maximum absolute atomic E-state index is 12.3. The van der Waals surface area contributed by atoms with Crippen molar-refractivity contribution >= 4 is 5.91 Å². The minimum atomic E-state index is 0.167. The molecule has 24 heavy (non-hydrogen) atoms. The largest absolute Gasteiger partial charge is 0.350 e. The second kappa shape index (κ2) is 7.78. The molecule has 1 saturated carbocycles. The van der Waals surface area contributed by atoms with E-state index in [0.717, 1.165) is 36.9 Å². The molecule has 1 aromatic carbocycles. The zero-order chi connectivity index (χ0) is 16.8. The molecule has 1 amide bonds. The van der Waals surface area contributed by atoms with Crippen molar-refractivity contribution in [3.05, 3.63) is 53.6 Å². The number of amides is 1. The summed E-state index contributed by atoms with van der Waals surface area (Å²) >= 11 is 0. The van der Waals surface area contributed by atoms with E-state index in [1.54, 1.807) is 12.5 Å². The summed E-state index contributed by atoms with van der Waals surface area (Å²) in [4.78, 5) is 16.5. The first-order valence-corrected chi connectivity index (χ1v) is 8.52. The molecule has 124 valence electrons. The molecule has 0 unspecified atom stereocenters. The van der Waals surface area contributed by atoms with Gasteiger partial charge in [-0.05, 0) is 30.5 Å². The summed E-state index contributed by atoms with van der Waals surface area (Å²) in [6, 6.07) is 9.65. The Morgan fingerprint density at radius 3 is 2.71 bits per heavy atom. The van der Waals surface area contributed by atoms with E-state index in [1.807, 2.05) is 28.8 Å². The monoisotopic (exact) mass is 322 g/mol. The summed E-state index contributed by atoms with van der Waals surface area (Å²) in [6.45, 7) is 1.19. The standard InChI is InChI=1S/C19H22N4O/c20-10-15-6-8-16(9-7-15)13-23-14-21-11-18(23)12-22-19(24)17-4-2-1-3-5-17/h6-9,11,14,17H,1-5,12-13H2,(H,22,24). The van der Waals surface area contributed by atoms with Crippen molar-refractivity contribution in [1.29, 1.82) is 5.26 Å². The van der Waals surface area contributed by atoms with E-state index in [0.29, 0.717) is 18.7 Å². The van der Waals surface area contributed by atoms with Gasteiger partial charge in [0.15, 0.2) is 0 Å². The third-order valence-corrected chi connectivity index (χ3v) is 4.65. The Balaban J connectivity index is 1.58. The minimum Gasteiger partial charge on any atom is -0.350 e. The number of hydrogen-bond acceptors (Lipinski definition) is 3. The van der Waals surface area contributed by atoms with Crippen LogP contribution in [-0.4, -0.2) is 15.5 Å². The van der Waals surface area contributed by atoms with Gasteiger partial charge in [0.2, 0.25) is 5.91 Å². The van der Waals surface area contributed by atoms with Gasteiger partial charge in [-0.25, -0.2) is 4.98 Å². The van der Waals surface area contributed by atoms with Crippen LogP contribution in [0.25, 0.3) is 0 Å². The summed E-state index contributed by atoms with van der Waals surface area (Å²) in [6.07, 6.45) is 9.17. The zero-order valence-corrected chi connectivity index (χ0v) is 13.7. The fraction of sp³-hybridized carbons (Fsp3) is 0.421. The highest BCUT2D eigenvalue weighted by Gasteiger charge is 2.20. The maximum atomic E-state index is 12.3. The fourth-order valence-corrected chi connectivity index (χ4v) is 3.21. The van der Waals surface area contributed by atoms with Gasteiger partial charge in [-0.15, -0.1) is 0 Å². The Morgan fingerprint density at radius 1 is 1.25 bits per heavy atom. The van der Waals surface area contributed by atoms with Crippen LogP contribution in [0.15, 0.2) is 36.8 Å². The second-order valence-corrected chi connectivity index (χ2v) is 6.37. The first-order valence-electron chi connectivity index (χ1n) is 8.52. The highest BCUT2D eigenvalue weighted by atomic mass is 16.1. The zero-order valence-electron chi connectivity index (χ0n) is 13.7. The Morgan fingerprint density at radius 2 is 2.00 bits per heavy atom. The van der Waals surface area contributed by atoms with Gasteiger partial charge < -0.3 is 9.88 Å². The van der Waals surface area contributed by atoms with Crippen LogP contribution in [0.5, 0.6) is 0 Å². The summed E-state index contributed by atoms with van der Waals surface area (Å²) < 4.78 is 2.03. The van der Waals surface area contributed by atoms with Crippen LogP contribution in [0.2, 0.25) is 0 Å². The lowest BCUT2D eigenvalue weighted by Crippen LogP contribution is -2.32. The van der Waals surface area contributed by atoms with Crippen molar-refractivity contribution in [2.24, 2.45) is 5.92 Å². The Hall–Kier alpha value is -2.61. The average Bonchev–Trinajstić information content (AvgIpc) is 3.08. The van der Waals surface area contributed by atoms with E-state index >= 15 is 0 Å². The summed E-state index contributed by atoms with van der Waals surface area (Å²) in [7, 11) is 0. The number of carbonyl (C=O) groups is 1. The third-order valence-electron chi connectivity index (χ3n) is 4.65. The first-order chi connectivity index (χ1) is 11.8. The van der Waals surface area contributed by atoms with Gasteiger partial charge in [-0.1, -0.05) is 31.4 Å². The Labute approximate surface area is 142 Å². The van der Waals surface area contributed by atoms with Crippen LogP contribution in [0.1, 0.15) is 48.9 Å². The number of imidazole rings is 1. The highest BCUT2D eigenvalue weighted by Crippen LogP contribution is 2.23. The number of nitrogens with zero attached hydrogens (tertiary/aromatic N) is 3. The molecule has 0 aliphatic heterocycles. The minimum absolute atomic E-state index is 0.167. The van der Waals surface area contributed by atoms with Gasteiger partial charge >= 0.3 is 0 Å². The number of nitriles is 1. The van der Waals surface area contributed by atoms with Crippen molar-refractivity contribution in [3.63, 3.8) is 0 Å². The maximum Gasteiger partial charge on any atom is 0.223 e. The average molecular weight is 322 g/mol. The number of benzene rings is 1. The van der Waals surface area contributed by atoms with Gasteiger partial charge in [-0.3, -0.25) is 4.79 Å². The molecule has 1 N–H and O–H groups in total. The Bertz CT molecular complexity index is 721. The van der Waals surface area contributed by atoms with Crippen LogP contribution < -0.4 is 5.32 Å². The topological polar surface area (TPSA) is 70.7 Å². The molecule has 0 spiro atoms. The molecule has 1 heterocycles. The van der Waals surface area contributed by atoms with Gasteiger partial charge in [0, 0.05) is 18.7 Å². The molecule has 3 rings (SSSR count). The van der Waals surface area contributed by atoms with Crippen molar-refractivity contribution in [1.82, 2.24) is 14.9 Å². The highest BCUT2D eigenvalue weighted by molar-refractivity contribution is 5.78. The van der Waals surface area contributed by atoms with E-state index in [4.69, 9.17) is 5.26 Å². The third kappa shape index (κ3) is 4.02. The molecule has 0 atom stereocenters. The van der Waals surface area contributed by atoms with Crippen molar-refractivity contribution in [2.45, 2.75) is 45.2 Å². The molecule has 0 saturated heterocycles. The van der Waals surface area contributed by atoms with Gasteiger partial charge in [0.05, 0.1) is 30.2 Å².